The van der Waals surface area contributed by atoms with Crippen LogP contribution >= 0.6 is 0 Å². The molecule has 0 heterocycles. The van der Waals surface area contributed by atoms with Crippen LogP contribution in [0.15, 0.2) is 0 Å². The molecule has 0 atom stereocenters. The Balaban J connectivity index is -0.000000307. The molecule has 0 rings (SSSR count). The van der Waals surface area contributed by atoms with E-state index in [4.69, 9.17) is 0 Å². The van der Waals surface area contributed by atoms with Crippen molar-refractivity contribution in [1.82, 2.24) is 0 Å². The Morgan fingerprint density at radius 2 is 0.510 bits per heavy atom. The second-order valence-corrected chi connectivity index (χ2v) is 13.2. The second-order valence-electron chi connectivity index (χ2n) is 13.2. The number of carboxylic acids is 3. The molecule has 10 heteroatoms. The molecular weight excluding hydrogens is 639 g/mol. The molecule has 0 aromatic carbocycles. The van der Waals surface area contributed by atoms with E-state index in [2.05, 4.69) is 0 Å². The quantitative estimate of drug-likeness (QED) is 0.0748. The third-order valence-electron chi connectivity index (χ3n) is 9.11. The summed E-state index contributed by atoms with van der Waals surface area (Å²) in [6, 6.07) is 0. The summed E-state index contributed by atoms with van der Waals surface area (Å²) in [5, 5.41) is 33.8. The Labute approximate surface area is 309 Å². The van der Waals surface area contributed by atoms with Crippen molar-refractivity contribution < 1.29 is 44.1 Å². The predicted molar refractivity (Wildman–Crippen MR) is 191 cm³/mol. The first-order chi connectivity index (χ1) is 22.6. The van der Waals surface area contributed by atoms with E-state index in [0.29, 0.717) is 96.3 Å². The van der Waals surface area contributed by atoms with Crippen LogP contribution in [0.4, 0.5) is 0 Å². The minimum absolute atomic E-state index is 0. The van der Waals surface area contributed by atoms with Gasteiger partial charge >= 0.3 is 17.4 Å². The Hall–Kier alpha value is -2.05. The summed E-state index contributed by atoms with van der Waals surface area (Å²) in [5.74, 6) is -3.97. The number of carboxylic acid groups (broad SMARTS) is 3. The van der Waals surface area contributed by atoms with E-state index in [0.717, 1.165) is 38.5 Å². The molecule has 9 nitrogen and oxygen atoms in total. The van der Waals surface area contributed by atoms with Gasteiger partial charge in [0, 0.05) is 19.3 Å². The van der Waals surface area contributed by atoms with Crippen LogP contribution in [0.2, 0.25) is 0 Å². The normalized spacial score (nSPS) is 11.2. The van der Waals surface area contributed by atoms with E-state index in [-0.39, 0.29) is 34.7 Å². The van der Waals surface area contributed by atoms with Crippen LogP contribution in [0.1, 0.15) is 197 Å². The van der Waals surface area contributed by atoms with Crippen LogP contribution in [0.3, 0.4) is 0 Å². The molecule has 0 saturated carbocycles. The number of carbonyl (C=O) groups excluding carboxylic acids is 6. The van der Waals surface area contributed by atoms with Crippen molar-refractivity contribution in [3.63, 3.8) is 0 Å². The van der Waals surface area contributed by atoms with Crippen molar-refractivity contribution in [1.29, 1.82) is 0 Å². The molecule has 0 aromatic heterocycles. The van der Waals surface area contributed by atoms with Crippen LogP contribution in [0, 0.1) is 16.2 Å². The summed E-state index contributed by atoms with van der Waals surface area (Å²) in [4.78, 5) is 69.9. The number of hydrogen-bond acceptors (Lipinski definition) is 9. The molecule has 0 unspecified atom stereocenters. The number of Topliss-reactive ketones (excluding diaryl/α,β-unsaturated/α-hetero) is 3. The average Bonchev–Trinajstić information content (AvgIpc) is 3.04. The summed E-state index contributed by atoms with van der Waals surface area (Å²) >= 11 is 0. The van der Waals surface area contributed by atoms with Gasteiger partial charge in [0.25, 0.3) is 0 Å². The molecular formula is C39H69AlO9. The van der Waals surface area contributed by atoms with Crippen molar-refractivity contribution in [2.24, 2.45) is 16.2 Å². The maximum absolute atomic E-state index is 12.0. The van der Waals surface area contributed by atoms with Gasteiger partial charge < -0.3 is 29.7 Å². The number of unbranched alkanes of at least 4 members (excludes halogenated alkanes) is 3. The average molecular weight is 709 g/mol. The fraction of sp³-hybridized carbons (Fsp3) is 0.846. The van der Waals surface area contributed by atoms with E-state index < -0.39 is 34.2 Å². The molecule has 49 heavy (non-hydrogen) atoms. The van der Waals surface area contributed by atoms with Gasteiger partial charge in [-0.15, -0.1) is 0 Å². The number of hydrogen-bond donors (Lipinski definition) is 0. The third-order valence-corrected chi connectivity index (χ3v) is 9.11. The first-order valence-electron chi connectivity index (χ1n) is 18.9. The predicted octanol–water partition coefficient (Wildman–Crippen LogP) is 5.87. The zero-order valence-electron chi connectivity index (χ0n) is 32.6. The monoisotopic (exact) mass is 708 g/mol. The fourth-order valence-electron chi connectivity index (χ4n) is 6.46. The van der Waals surface area contributed by atoms with Gasteiger partial charge in [-0.1, -0.05) is 120 Å². The molecule has 0 bridgehead atoms. The summed E-state index contributed by atoms with van der Waals surface area (Å²) in [6.45, 7) is 17.4. The van der Waals surface area contributed by atoms with Gasteiger partial charge in [-0.25, -0.2) is 0 Å². The molecule has 0 N–H and O–H groups in total. The first-order valence-corrected chi connectivity index (χ1v) is 18.9. The molecule has 282 valence electrons. The molecule has 0 saturated heterocycles. The van der Waals surface area contributed by atoms with Crippen LogP contribution in [0.25, 0.3) is 0 Å². The summed E-state index contributed by atoms with van der Waals surface area (Å²) < 4.78 is 0. The van der Waals surface area contributed by atoms with Gasteiger partial charge in [-0.3, -0.25) is 14.4 Å². The van der Waals surface area contributed by atoms with Gasteiger partial charge in [0.15, 0.2) is 0 Å². The van der Waals surface area contributed by atoms with Crippen LogP contribution in [-0.2, 0) is 28.8 Å². The van der Waals surface area contributed by atoms with Crippen LogP contribution in [-0.4, -0.2) is 52.6 Å². The Morgan fingerprint density at radius 1 is 0.347 bits per heavy atom. The van der Waals surface area contributed by atoms with Crippen molar-refractivity contribution in [3.05, 3.63) is 0 Å². The topological polar surface area (TPSA) is 172 Å². The summed E-state index contributed by atoms with van der Waals surface area (Å²) in [7, 11) is 0. The Kier molecular flexibility index (Phi) is 33.7. The zero-order chi connectivity index (χ0) is 37.8. The van der Waals surface area contributed by atoms with Crippen molar-refractivity contribution >= 4 is 52.6 Å². The molecule has 0 radical (unpaired) electrons. The molecule has 0 amide bonds. The molecule has 0 aromatic rings. The first kappa shape index (κ1) is 53.7. The molecule has 0 aliphatic heterocycles. The van der Waals surface area contributed by atoms with Gasteiger partial charge in [0.05, 0.1) is 34.2 Å². The van der Waals surface area contributed by atoms with E-state index in [9.17, 15) is 44.1 Å². The maximum Gasteiger partial charge on any atom is 3.00 e. The number of rotatable bonds is 27. The van der Waals surface area contributed by atoms with Gasteiger partial charge in [-0.05, 0) is 57.8 Å². The second kappa shape index (κ2) is 30.7. The van der Waals surface area contributed by atoms with E-state index in [1.165, 1.54) is 0 Å². The Morgan fingerprint density at radius 3 is 0.612 bits per heavy atom. The molecule has 0 fully saturated rings. The van der Waals surface area contributed by atoms with Gasteiger partial charge in [0.2, 0.25) is 0 Å². The van der Waals surface area contributed by atoms with Gasteiger partial charge in [-0.2, -0.15) is 0 Å². The minimum Gasteiger partial charge on any atom is -0.549 e. The van der Waals surface area contributed by atoms with Crippen molar-refractivity contribution in [2.45, 2.75) is 197 Å². The van der Waals surface area contributed by atoms with E-state index in [1.807, 2.05) is 62.3 Å². The fourth-order valence-corrected chi connectivity index (χ4v) is 6.46. The SMILES string of the molecule is CCCCC(=O)C(CCC)(CCC)C(=O)[O-].CCCCC(=O)C(CCC)(CCC)C(=O)[O-].CCCCC(=O)C(CCC)(CCC)C(=O)[O-].[Al+3]. The summed E-state index contributed by atoms with van der Waals surface area (Å²) in [6.07, 6.45) is 12.8. The maximum atomic E-state index is 12.0. The molecule has 0 spiro atoms. The van der Waals surface area contributed by atoms with Crippen molar-refractivity contribution in [2.75, 3.05) is 0 Å². The van der Waals surface area contributed by atoms with Crippen LogP contribution in [0.5, 0.6) is 0 Å². The molecule has 0 aliphatic carbocycles. The largest absolute Gasteiger partial charge is 3.00 e. The number of ketones is 3. The van der Waals surface area contributed by atoms with Gasteiger partial charge in [0.1, 0.15) is 17.3 Å². The number of carbonyl (C=O) groups is 6. The van der Waals surface area contributed by atoms with E-state index in [1.54, 1.807) is 0 Å². The standard InChI is InChI=1S/3C13H24O3.Al/c3*1-4-7-8-11(14)13(9-5-2,10-6-3)12(15)16;/h3*4-10H2,1-3H3,(H,15,16);/q;;;+3/p-3. The van der Waals surface area contributed by atoms with E-state index >= 15 is 0 Å². The third kappa shape index (κ3) is 18.1. The minimum atomic E-state index is -1.22. The number of aliphatic carboxylic acids is 3. The zero-order valence-corrected chi connectivity index (χ0v) is 33.8. The smallest absolute Gasteiger partial charge is 0.549 e. The Bertz CT molecular complexity index is 808. The summed E-state index contributed by atoms with van der Waals surface area (Å²) in [5.41, 5.74) is -3.67. The van der Waals surface area contributed by atoms with Crippen LogP contribution < -0.4 is 15.3 Å². The van der Waals surface area contributed by atoms with Crippen molar-refractivity contribution in [3.8, 4) is 0 Å². The molecule has 0 aliphatic rings.